The summed E-state index contributed by atoms with van der Waals surface area (Å²) in [5, 5.41) is 11.5. The van der Waals surface area contributed by atoms with E-state index in [-0.39, 0.29) is 30.6 Å². The van der Waals surface area contributed by atoms with Crippen molar-refractivity contribution in [2.24, 2.45) is 0 Å². The molecule has 8 heteroatoms. The maximum absolute atomic E-state index is 13.0. The Morgan fingerprint density at radius 2 is 1.85 bits per heavy atom. The van der Waals surface area contributed by atoms with E-state index in [1.165, 1.54) is 12.0 Å². The van der Waals surface area contributed by atoms with Crippen LogP contribution in [-0.4, -0.2) is 54.7 Å². The van der Waals surface area contributed by atoms with Crippen molar-refractivity contribution in [2.45, 2.75) is 32.9 Å². The molecule has 7 nitrogen and oxygen atoms in total. The van der Waals surface area contributed by atoms with Gasteiger partial charge in [-0.3, -0.25) is 9.59 Å². The number of rotatable bonds is 9. The zero-order valence-electron chi connectivity index (χ0n) is 19.1. The van der Waals surface area contributed by atoms with Crippen LogP contribution >= 0.6 is 11.6 Å². The van der Waals surface area contributed by atoms with E-state index in [0.29, 0.717) is 34.3 Å². The van der Waals surface area contributed by atoms with E-state index >= 15 is 0 Å². The quantitative estimate of drug-likeness (QED) is 0.325. The second-order valence-corrected chi connectivity index (χ2v) is 8.21. The van der Waals surface area contributed by atoms with Crippen LogP contribution in [0.2, 0.25) is 5.02 Å². The van der Waals surface area contributed by atoms with Crippen molar-refractivity contribution in [1.29, 1.82) is 0 Å². The highest BCUT2D eigenvalue weighted by molar-refractivity contribution is 6.46. The summed E-state index contributed by atoms with van der Waals surface area (Å²) in [6, 6.07) is 11.1. The zero-order chi connectivity index (χ0) is 24.1. The van der Waals surface area contributed by atoms with Crippen molar-refractivity contribution in [3.63, 3.8) is 0 Å². The molecule has 2 aromatic rings. The van der Waals surface area contributed by atoms with Crippen molar-refractivity contribution in [1.82, 2.24) is 4.90 Å². The Morgan fingerprint density at radius 1 is 1.15 bits per heavy atom. The van der Waals surface area contributed by atoms with Crippen LogP contribution in [0.4, 0.5) is 0 Å². The summed E-state index contributed by atoms with van der Waals surface area (Å²) in [5.74, 6) is -0.701. The second-order valence-electron chi connectivity index (χ2n) is 7.80. The molecule has 0 saturated carbocycles. The summed E-state index contributed by atoms with van der Waals surface area (Å²) >= 11 is 6.17. The zero-order valence-corrected chi connectivity index (χ0v) is 19.9. The number of ether oxygens (including phenoxy) is 3. The maximum Gasteiger partial charge on any atom is 0.295 e. The van der Waals surface area contributed by atoms with Crippen LogP contribution < -0.4 is 9.47 Å². The first-order chi connectivity index (χ1) is 15.8. The van der Waals surface area contributed by atoms with Crippen molar-refractivity contribution >= 4 is 29.1 Å². The first kappa shape index (κ1) is 24.6. The number of Topliss-reactive ketones (excluding diaryl/α,β-unsaturated/α-hetero) is 1. The smallest absolute Gasteiger partial charge is 0.295 e. The molecular weight excluding hydrogens is 446 g/mol. The summed E-state index contributed by atoms with van der Waals surface area (Å²) in [4.78, 5) is 27.3. The Balaban J connectivity index is 2.11. The largest absolute Gasteiger partial charge is 0.507 e. The highest BCUT2D eigenvalue weighted by atomic mass is 35.5. The highest BCUT2D eigenvalue weighted by Crippen LogP contribution is 2.40. The second kappa shape index (κ2) is 10.7. The summed E-state index contributed by atoms with van der Waals surface area (Å²) in [6.07, 6.45) is 0.00706. The Hall–Kier alpha value is -3.03. The minimum Gasteiger partial charge on any atom is -0.507 e. The van der Waals surface area contributed by atoms with E-state index in [1.807, 2.05) is 20.8 Å². The minimum absolute atomic E-state index is 0.00148. The predicted molar refractivity (Wildman–Crippen MR) is 126 cm³/mol. The molecular formula is C25H28ClNO6. The molecule has 1 fully saturated rings. The summed E-state index contributed by atoms with van der Waals surface area (Å²) < 4.78 is 16.3. The molecule has 1 amide bonds. The van der Waals surface area contributed by atoms with Crippen LogP contribution in [0.15, 0.2) is 48.0 Å². The molecule has 0 spiro atoms. The predicted octanol–water partition coefficient (Wildman–Crippen LogP) is 4.59. The van der Waals surface area contributed by atoms with Gasteiger partial charge in [0, 0.05) is 19.2 Å². The van der Waals surface area contributed by atoms with Crippen LogP contribution in [0.3, 0.4) is 0 Å². The third kappa shape index (κ3) is 5.31. The van der Waals surface area contributed by atoms with Gasteiger partial charge in [-0.2, -0.15) is 0 Å². The first-order valence-corrected chi connectivity index (χ1v) is 11.1. The van der Waals surface area contributed by atoms with Crippen LogP contribution in [0.1, 0.15) is 37.9 Å². The first-order valence-electron chi connectivity index (χ1n) is 10.7. The number of nitrogens with zero attached hydrogens (tertiary/aromatic N) is 1. The number of ketones is 1. The number of carbonyl (C=O) groups excluding carboxylic acids is 2. The number of aliphatic hydroxyl groups is 1. The third-order valence-corrected chi connectivity index (χ3v) is 5.46. The van der Waals surface area contributed by atoms with Crippen molar-refractivity contribution in [3.05, 3.63) is 64.2 Å². The van der Waals surface area contributed by atoms with E-state index in [0.717, 1.165) is 0 Å². The Labute approximate surface area is 198 Å². The molecule has 3 rings (SSSR count). The van der Waals surface area contributed by atoms with E-state index < -0.39 is 17.7 Å². The van der Waals surface area contributed by atoms with Crippen LogP contribution in [0.5, 0.6) is 11.5 Å². The summed E-state index contributed by atoms with van der Waals surface area (Å²) in [6.45, 7) is 6.49. The summed E-state index contributed by atoms with van der Waals surface area (Å²) in [7, 11) is 1.52. The van der Waals surface area contributed by atoms with Gasteiger partial charge in [-0.25, -0.2) is 0 Å². The number of aliphatic hydroxyl groups excluding tert-OH is 1. The van der Waals surface area contributed by atoms with Crippen molar-refractivity contribution in [3.8, 4) is 11.5 Å². The SMILES string of the molecule is CCOc1cc(/C(O)=C2/C(=O)C(=O)N(CCOC)C2c2ccc(OC(C)C)cc2)ccc1Cl. The van der Waals surface area contributed by atoms with Crippen molar-refractivity contribution in [2.75, 3.05) is 26.9 Å². The van der Waals surface area contributed by atoms with Gasteiger partial charge in [-0.15, -0.1) is 0 Å². The van der Waals surface area contributed by atoms with Crippen molar-refractivity contribution < 1.29 is 28.9 Å². The minimum atomic E-state index is -0.778. The van der Waals surface area contributed by atoms with Gasteiger partial charge in [0.1, 0.15) is 17.3 Å². The molecule has 1 aliphatic heterocycles. The molecule has 33 heavy (non-hydrogen) atoms. The molecule has 1 heterocycles. The number of carbonyl (C=O) groups is 2. The highest BCUT2D eigenvalue weighted by Gasteiger charge is 2.45. The number of likely N-dealkylation sites (tertiary alicyclic amines) is 1. The molecule has 0 bridgehead atoms. The monoisotopic (exact) mass is 473 g/mol. The fourth-order valence-corrected chi connectivity index (χ4v) is 3.89. The van der Waals surface area contributed by atoms with Gasteiger partial charge in [0.25, 0.3) is 11.7 Å². The van der Waals surface area contributed by atoms with Crippen LogP contribution in [0, 0.1) is 0 Å². The molecule has 0 aromatic heterocycles. The Kier molecular flexibility index (Phi) is 8.00. The standard InChI is InChI=1S/C25H28ClNO6/c1-5-32-20-14-17(8-11-19(20)26)23(28)21-22(27(12-13-31-4)25(30)24(21)29)16-6-9-18(10-7-16)33-15(2)3/h6-11,14-15,22,28H,5,12-13H2,1-4H3/b23-21-. The lowest BCUT2D eigenvalue weighted by molar-refractivity contribution is -0.140. The molecule has 1 atom stereocenters. The van der Waals surface area contributed by atoms with Crippen LogP contribution in [-0.2, 0) is 14.3 Å². The molecule has 1 N–H and O–H groups in total. The normalized spacial score (nSPS) is 17.6. The number of hydrogen-bond acceptors (Lipinski definition) is 6. The average Bonchev–Trinajstić information content (AvgIpc) is 3.03. The molecule has 1 unspecified atom stereocenters. The lowest BCUT2D eigenvalue weighted by Gasteiger charge is -2.25. The fraction of sp³-hybridized carbons (Fsp3) is 0.360. The number of hydrogen-bond donors (Lipinski definition) is 1. The average molecular weight is 474 g/mol. The van der Waals surface area contributed by atoms with Gasteiger partial charge < -0.3 is 24.2 Å². The van der Waals surface area contributed by atoms with E-state index in [4.69, 9.17) is 25.8 Å². The maximum atomic E-state index is 13.0. The lowest BCUT2D eigenvalue weighted by atomic mass is 9.95. The van der Waals surface area contributed by atoms with Gasteiger partial charge >= 0.3 is 0 Å². The van der Waals surface area contributed by atoms with Gasteiger partial charge in [0.15, 0.2) is 0 Å². The number of benzene rings is 2. The third-order valence-electron chi connectivity index (χ3n) is 5.15. The van der Waals surface area contributed by atoms with E-state index in [2.05, 4.69) is 0 Å². The molecule has 0 radical (unpaired) electrons. The van der Waals surface area contributed by atoms with Gasteiger partial charge in [0.05, 0.1) is 36.0 Å². The fourth-order valence-electron chi connectivity index (χ4n) is 3.72. The molecule has 1 saturated heterocycles. The Bertz CT molecular complexity index is 1050. The van der Waals surface area contributed by atoms with E-state index in [1.54, 1.807) is 42.5 Å². The number of amides is 1. The van der Waals surface area contributed by atoms with E-state index in [9.17, 15) is 14.7 Å². The topological polar surface area (TPSA) is 85.3 Å². The lowest BCUT2D eigenvalue weighted by Crippen LogP contribution is -2.32. The van der Waals surface area contributed by atoms with Crippen LogP contribution in [0.25, 0.3) is 5.76 Å². The van der Waals surface area contributed by atoms with Gasteiger partial charge in [0.2, 0.25) is 0 Å². The van der Waals surface area contributed by atoms with Gasteiger partial charge in [-0.05, 0) is 56.7 Å². The molecule has 2 aromatic carbocycles. The van der Waals surface area contributed by atoms with Gasteiger partial charge in [-0.1, -0.05) is 23.7 Å². The summed E-state index contributed by atoms with van der Waals surface area (Å²) in [5.41, 5.74) is 0.998. The number of halogens is 1. The number of methoxy groups -OCH3 is 1. The Morgan fingerprint density at radius 3 is 2.45 bits per heavy atom. The molecule has 0 aliphatic carbocycles. The molecule has 176 valence electrons. The molecule has 1 aliphatic rings.